The molecule has 2 aromatic heterocycles. The highest BCUT2D eigenvalue weighted by molar-refractivity contribution is 5.96. The maximum atomic E-state index is 12.4. The Morgan fingerprint density at radius 1 is 1.12 bits per heavy atom. The summed E-state index contributed by atoms with van der Waals surface area (Å²) in [6.07, 6.45) is 2.30. The fourth-order valence-electron chi connectivity index (χ4n) is 3.05. The summed E-state index contributed by atoms with van der Waals surface area (Å²) >= 11 is 0. The largest absolute Gasteiger partial charge is 0.464 e. The third-order valence-electron chi connectivity index (χ3n) is 4.29. The highest BCUT2D eigenvalue weighted by Crippen LogP contribution is 2.29. The topological polar surface area (TPSA) is 72.5 Å². The summed E-state index contributed by atoms with van der Waals surface area (Å²) in [6, 6.07) is 3.74. The van der Waals surface area contributed by atoms with Crippen LogP contribution < -0.4 is 10.9 Å². The lowest BCUT2D eigenvalue weighted by atomic mass is 10.00. The number of fused-ring (bicyclic) bond motifs is 2. The number of carbonyl (C=O) groups excluding carboxylic acids is 1. The molecule has 0 bridgehead atoms. The van der Waals surface area contributed by atoms with Crippen molar-refractivity contribution in [3.8, 4) is 0 Å². The molecule has 0 fully saturated rings. The van der Waals surface area contributed by atoms with Gasteiger partial charge in [0.05, 0.1) is 6.26 Å². The van der Waals surface area contributed by atoms with Crippen molar-refractivity contribution in [1.29, 1.82) is 0 Å². The van der Waals surface area contributed by atoms with E-state index < -0.39 is 5.63 Å². The zero-order valence-corrected chi connectivity index (χ0v) is 15.3. The summed E-state index contributed by atoms with van der Waals surface area (Å²) in [4.78, 5) is 24.4. The number of amides is 1. The lowest BCUT2D eigenvalue weighted by Gasteiger charge is -2.20. The second-order valence-electron chi connectivity index (χ2n) is 7.55. The van der Waals surface area contributed by atoms with Gasteiger partial charge in [-0.2, -0.15) is 0 Å². The van der Waals surface area contributed by atoms with Gasteiger partial charge < -0.3 is 14.2 Å². The van der Waals surface area contributed by atoms with E-state index >= 15 is 0 Å². The van der Waals surface area contributed by atoms with E-state index in [9.17, 15) is 9.59 Å². The Balaban J connectivity index is 1.98. The normalized spacial score (nSPS) is 12.0. The number of furan rings is 1. The van der Waals surface area contributed by atoms with Crippen LogP contribution in [-0.2, 0) is 11.2 Å². The lowest BCUT2D eigenvalue weighted by Crippen LogP contribution is -2.40. The second-order valence-corrected chi connectivity index (χ2v) is 7.55. The maximum Gasteiger partial charge on any atom is 0.339 e. The van der Waals surface area contributed by atoms with Gasteiger partial charge in [-0.25, -0.2) is 4.79 Å². The van der Waals surface area contributed by atoms with Gasteiger partial charge in [0.15, 0.2) is 0 Å². The SMILES string of the molecule is Cc1coc2cc3oc(=O)c(CCC(=O)NC(C)(C)C)c(C)c3cc12. The first-order chi connectivity index (χ1) is 11.7. The Hall–Kier alpha value is -2.56. The lowest BCUT2D eigenvalue weighted by molar-refractivity contribution is -0.122. The van der Waals surface area contributed by atoms with Crippen molar-refractivity contribution in [1.82, 2.24) is 5.32 Å². The van der Waals surface area contributed by atoms with E-state index in [1.807, 2.05) is 40.7 Å². The second kappa shape index (κ2) is 6.06. The van der Waals surface area contributed by atoms with Gasteiger partial charge in [0.2, 0.25) is 5.91 Å². The average Bonchev–Trinajstić information content (AvgIpc) is 2.84. The highest BCUT2D eigenvalue weighted by atomic mass is 16.4. The van der Waals surface area contributed by atoms with Crippen LogP contribution in [0.2, 0.25) is 0 Å². The van der Waals surface area contributed by atoms with Crippen LogP contribution in [-0.4, -0.2) is 11.4 Å². The quantitative estimate of drug-likeness (QED) is 0.731. The first-order valence-corrected chi connectivity index (χ1v) is 8.41. The zero-order valence-electron chi connectivity index (χ0n) is 15.3. The van der Waals surface area contributed by atoms with E-state index in [-0.39, 0.29) is 17.9 Å². The molecule has 3 rings (SSSR count). The minimum absolute atomic E-state index is 0.0764. The Bertz CT molecular complexity index is 1020. The molecule has 0 aliphatic rings. The third kappa shape index (κ3) is 3.45. The molecule has 0 radical (unpaired) electrons. The molecule has 132 valence electrons. The summed E-state index contributed by atoms with van der Waals surface area (Å²) < 4.78 is 11.0. The van der Waals surface area contributed by atoms with E-state index in [1.165, 1.54) is 0 Å². The molecule has 1 amide bonds. The highest BCUT2D eigenvalue weighted by Gasteiger charge is 2.17. The number of aryl methyl sites for hydroxylation is 2. The number of hydrogen-bond donors (Lipinski definition) is 1. The number of hydrogen-bond acceptors (Lipinski definition) is 4. The van der Waals surface area contributed by atoms with E-state index in [0.29, 0.717) is 23.2 Å². The molecule has 0 aliphatic carbocycles. The van der Waals surface area contributed by atoms with Gasteiger partial charge in [-0.1, -0.05) is 0 Å². The number of rotatable bonds is 3. The molecule has 5 nitrogen and oxygen atoms in total. The standard InChI is InChI=1S/C20H23NO4/c1-11-10-24-16-9-17-15(8-14(11)16)12(2)13(19(23)25-17)6-7-18(22)21-20(3,4)5/h8-10H,6-7H2,1-5H3,(H,21,22). The molecular weight excluding hydrogens is 318 g/mol. The van der Waals surface area contributed by atoms with Crippen LogP contribution in [0.1, 0.15) is 43.9 Å². The first-order valence-electron chi connectivity index (χ1n) is 8.41. The van der Waals surface area contributed by atoms with Crippen molar-refractivity contribution in [3.63, 3.8) is 0 Å². The van der Waals surface area contributed by atoms with E-state index in [4.69, 9.17) is 8.83 Å². The van der Waals surface area contributed by atoms with E-state index in [1.54, 1.807) is 12.3 Å². The summed E-state index contributed by atoms with van der Waals surface area (Å²) in [6.45, 7) is 9.67. The molecule has 1 aromatic carbocycles. The fourth-order valence-corrected chi connectivity index (χ4v) is 3.05. The van der Waals surface area contributed by atoms with Crippen LogP contribution in [0.4, 0.5) is 0 Å². The van der Waals surface area contributed by atoms with E-state index in [0.717, 1.165) is 21.9 Å². The predicted octanol–water partition coefficient (Wildman–Crippen LogP) is 4.00. The smallest absolute Gasteiger partial charge is 0.339 e. The molecule has 5 heteroatoms. The van der Waals surface area contributed by atoms with Gasteiger partial charge in [-0.05, 0) is 58.2 Å². The predicted molar refractivity (Wildman–Crippen MR) is 97.9 cm³/mol. The van der Waals surface area contributed by atoms with Crippen molar-refractivity contribution < 1.29 is 13.6 Å². The van der Waals surface area contributed by atoms with Crippen LogP contribution in [0.3, 0.4) is 0 Å². The Morgan fingerprint density at radius 3 is 2.52 bits per heavy atom. The minimum Gasteiger partial charge on any atom is -0.464 e. The number of carbonyl (C=O) groups is 1. The van der Waals surface area contributed by atoms with Gasteiger partial charge in [-0.15, -0.1) is 0 Å². The van der Waals surface area contributed by atoms with Crippen LogP contribution in [0.5, 0.6) is 0 Å². The summed E-state index contributed by atoms with van der Waals surface area (Å²) in [5.74, 6) is -0.0764. The first kappa shape index (κ1) is 17.3. The maximum absolute atomic E-state index is 12.4. The molecule has 0 atom stereocenters. The molecule has 1 N–H and O–H groups in total. The van der Waals surface area contributed by atoms with Crippen molar-refractivity contribution in [2.24, 2.45) is 0 Å². The molecule has 0 saturated carbocycles. The van der Waals surface area contributed by atoms with Crippen LogP contribution >= 0.6 is 0 Å². The van der Waals surface area contributed by atoms with Crippen molar-refractivity contribution in [2.45, 2.75) is 53.0 Å². The molecule has 3 aromatic rings. The van der Waals surface area contributed by atoms with Gasteiger partial charge in [0.25, 0.3) is 0 Å². The monoisotopic (exact) mass is 341 g/mol. The molecule has 25 heavy (non-hydrogen) atoms. The fraction of sp³-hybridized carbons (Fsp3) is 0.400. The zero-order chi connectivity index (χ0) is 18.4. The molecule has 0 spiro atoms. The Labute approximate surface area is 146 Å². The molecule has 0 unspecified atom stereocenters. The Morgan fingerprint density at radius 2 is 1.84 bits per heavy atom. The van der Waals surface area contributed by atoms with Crippen LogP contribution in [0, 0.1) is 13.8 Å². The Kier molecular flexibility index (Phi) is 4.19. The van der Waals surface area contributed by atoms with Crippen LogP contribution in [0.25, 0.3) is 21.9 Å². The van der Waals surface area contributed by atoms with Crippen molar-refractivity contribution >= 4 is 27.8 Å². The molecule has 0 saturated heterocycles. The van der Waals surface area contributed by atoms with Gasteiger partial charge >= 0.3 is 5.63 Å². The van der Waals surface area contributed by atoms with E-state index in [2.05, 4.69) is 5.32 Å². The van der Waals surface area contributed by atoms with Crippen molar-refractivity contribution in [3.05, 3.63) is 45.5 Å². The van der Waals surface area contributed by atoms with Gasteiger partial charge in [0, 0.05) is 34.4 Å². The van der Waals surface area contributed by atoms with Crippen molar-refractivity contribution in [2.75, 3.05) is 0 Å². The van der Waals surface area contributed by atoms with Gasteiger partial charge in [0.1, 0.15) is 11.2 Å². The minimum atomic E-state index is -0.392. The molecule has 2 heterocycles. The number of benzene rings is 1. The number of nitrogens with one attached hydrogen (secondary N) is 1. The third-order valence-corrected chi connectivity index (χ3v) is 4.29. The molecule has 0 aliphatic heterocycles. The average molecular weight is 341 g/mol. The summed E-state index contributed by atoms with van der Waals surface area (Å²) in [5, 5.41) is 4.79. The van der Waals surface area contributed by atoms with Crippen LogP contribution in [0.15, 0.2) is 32.0 Å². The molecular formula is C20H23NO4. The summed E-state index contributed by atoms with van der Waals surface area (Å²) in [5.41, 5.74) is 2.97. The summed E-state index contributed by atoms with van der Waals surface area (Å²) in [7, 11) is 0. The van der Waals surface area contributed by atoms with Gasteiger partial charge in [-0.3, -0.25) is 4.79 Å².